The smallest absolute Gasteiger partial charge is 0.265 e. The van der Waals surface area contributed by atoms with Gasteiger partial charge in [0.25, 0.3) is 5.91 Å². The maximum Gasteiger partial charge on any atom is 0.265 e. The zero-order valence-electron chi connectivity index (χ0n) is 14.8. The number of benzene rings is 2. The number of hydrogen-bond acceptors (Lipinski definition) is 4. The molecule has 1 saturated heterocycles. The fourth-order valence-electron chi connectivity index (χ4n) is 3.45. The molecular formula is C20H20ClN3O3. The van der Waals surface area contributed by atoms with Crippen molar-refractivity contribution in [3.05, 3.63) is 53.6 Å². The first-order valence-electron chi connectivity index (χ1n) is 8.92. The first-order chi connectivity index (χ1) is 13.1. The molecule has 2 aliphatic rings. The summed E-state index contributed by atoms with van der Waals surface area (Å²) >= 11 is 6.07. The lowest BCUT2D eigenvalue weighted by atomic mass is 10.2. The second-order valence-electron chi connectivity index (χ2n) is 6.58. The van der Waals surface area contributed by atoms with E-state index in [1.807, 2.05) is 47.4 Å². The molecule has 6 nitrogen and oxygen atoms in total. The van der Waals surface area contributed by atoms with Crippen LogP contribution in [0.4, 0.5) is 11.4 Å². The van der Waals surface area contributed by atoms with Crippen molar-refractivity contribution in [2.24, 2.45) is 0 Å². The summed E-state index contributed by atoms with van der Waals surface area (Å²) in [6.45, 7) is 2.71. The molecule has 2 aromatic carbocycles. The molecule has 2 aliphatic heterocycles. The average molecular weight is 386 g/mol. The number of rotatable bonds is 3. The predicted molar refractivity (Wildman–Crippen MR) is 105 cm³/mol. The average Bonchev–Trinajstić information content (AvgIpc) is 2.70. The molecule has 140 valence electrons. The summed E-state index contributed by atoms with van der Waals surface area (Å²) in [6.07, 6.45) is 0. The molecule has 0 unspecified atom stereocenters. The minimum Gasteiger partial charge on any atom is -0.482 e. The van der Waals surface area contributed by atoms with Gasteiger partial charge in [0.1, 0.15) is 12.3 Å². The quantitative estimate of drug-likeness (QED) is 0.814. The third kappa shape index (κ3) is 3.71. The lowest BCUT2D eigenvalue weighted by molar-refractivity contribution is -0.132. The van der Waals surface area contributed by atoms with Crippen molar-refractivity contribution in [2.75, 3.05) is 49.1 Å². The highest BCUT2D eigenvalue weighted by Gasteiger charge is 2.29. The van der Waals surface area contributed by atoms with Crippen molar-refractivity contribution in [3.8, 4) is 5.75 Å². The Morgan fingerprint density at radius 3 is 2.59 bits per heavy atom. The Labute approximate surface area is 162 Å². The van der Waals surface area contributed by atoms with E-state index in [9.17, 15) is 9.59 Å². The number of ether oxygens (including phenoxy) is 1. The second kappa shape index (κ2) is 7.48. The molecule has 0 aliphatic carbocycles. The van der Waals surface area contributed by atoms with E-state index in [4.69, 9.17) is 16.3 Å². The number of amides is 2. The Hall–Kier alpha value is -2.73. The molecule has 27 heavy (non-hydrogen) atoms. The van der Waals surface area contributed by atoms with E-state index in [1.165, 1.54) is 4.90 Å². The third-order valence-corrected chi connectivity index (χ3v) is 5.14. The van der Waals surface area contributed by atoms with Gasteiger partial charge in [-0.3, -0.25) is 14.5 Å². The van der Waals surface area contributed by atoms with E-state index in [0.717, 1.165) is 18.8 Å². The van der Waals surface area contributed by atoms with Crippen LogP contribution in [0.25, 0.3) is 0 Å². The van der Waals surface area contributed by atoms with Gasteiger partial charge in [-0.2, -0.15) is 0 Å². The number of halogens is 1. The van der Waals surface area contributed by atoms with Crippen LogP contribution in [0.5, 0.6) is 5.75 Å². The highest BCUT2D eigenvalue weighted by Crippen LogP contribution is 2.31. The Balaban J connectivity index is 1.39. The molecule has 0 atom stereocenters. The molecule has 7 heteroatoms. The Morgan fingerprint density at radius 2 is 1.81 bits per heavy atom. The van der Waals surface area contributed by atoms with E-state index in [-0.39, 0.29) is 25.0 Å². The first kappa shape index (κ1) is 17.7. The van der Waals surface area contributed by atoms with Crippen LogP contribution in [0.15, 0.2) is 48.5 Å². The van der Waals surface area contributed by atoms with Gasteiger partial charge in [-0.25, -0.2) is 0 Å². The summed E-state index contributed by atoms with van der Waals surface area (Å²) in [5, 5.41) is 0.704. The SMILES string of the molecule is O=C(CN1C(=O)COc2ccccc21)N1CCN(c2cccc(Cl)c2)CC1. The van der Waals surface area contributed by atoms with Crippen molar-refractivity contribution in [1.82, 2.24) is 4.90 Å². The highest BCUT2D eigenvalue weighted by atomic mass is 35.5. The number of nitrogens with zero attached hydrogens (tertiary/aromatic N) is 3. The van der Waals surface area contributed by atoms with Crippen LogP contribution < -0.4 is 14.5 Å². The highest BCUT2D eigenvalue weighted by molar-refractivity contribution is 6.30. The normalized spacial score (nSPS) is 16.8. The van der Waals surface area contributed by atoms with Crippen LogP contribution in [0, 0.1) is 0 Å². The van der Waals surface area contributed by atoms with Gasteiger partial charge in [0.15, 0.2) is 6.61 Å². The molecule has 2 amide bonds. The third-order valence-electron chi connectivity index (χ3n) is 4.91. The maximum atomic E-state index is 12.8. The van der Waals surface area contributed by atoms with E-state index in [0.29, 0.717) is 29.5 Å². The summed E-state index contributed by atoms with van der Waals surface area (Å²) in [4.78, 5) is 30.6. The number of anilines is 2. The van der Waals surface area contributed by atoms with Crippen molar-refractivity contribution in [2.45, 2.75) is 0 Å². The summed E-state index contributed by atoms with van der Waals surface area (Å²) in [7, 11) is 0. The van der Waals surface area contributed by atoms with Gasteiger partial charge >= 0.3 is 0 Å². The van der Waals surface area contributed by atoms with Gasteiger partial charge in [-0.1, -0.05) is 29.8 Å². The lowest BCUT2D eigenvalue weighted by Crippen LogP contribution is -2.53. The molecule has 0 N–H and O–H groups in total. The molecule has 1 fully saturated rings. The molecule has 0 bridgehead atoms. The zero-order valence-corrected chi connectivity index (χ0v) is 15.6. The standard InChI is InChI=1S/C20H20ClN3O3/c21-15-4-3-5-16(12-15)22-8-10-23(11-9-22)19(25)13-24-17-6-1-2-7-18(17)27-14-20(24)26/h1-7,12H,8-11,13-14H2. The van der Waals surface area contributed by atoms with E-state index in [2.05, 4.69) is 4.90 Å². The Kier molecular flexibility index (Phi) is 4.90. The fourth-order valence-corrected chi connectivity index (χ4v) is 3.63. The molecular weight excluding hydrogens is 366 g/mol. The Bertz CT molecular complexity index is 865. The van der Waals surface area contributed by atoms with E-state index in [1.54, 1.807) is 6.07 Å². The monoisotopic (exact) mass is 385 g/mol. The lowest BCUT2D eigenvalue weighted by Gasteiger charge is -2.37. The molecule has 2 heterocycles. The largest absolute Gasteiger partial charge is 0.482 e. The topological polar surface area (TPSA) is 53.1 Å². The minimum atomic E-state index is -0.195. The van der Waals surface area contributed by atoms with Crippen molar-refractivity contribution in [3.63, 3.8) is 0 Å². The molecule has 2 aromatic rings. The van der Waals surface area contributed by atoms with E-state index >= 15 is 0 Å². The molecule has 4 rings (SSSR count). The van der Waals surface area contributed by atoms with Crippen LogP contribution in [0.2, 0.25) is 5.02 Å². The number of fused-ring (bicyclic) bond motifs is 1. The fraction of sp³-hybridized carbons (Fsp3) is 0.300. The summed E-state index contributed by atoms with van der Waals surface area (Å²) in [6, 6.07) is 15.0. The van der Waals surface area contributed by atoms with Crippen molar-refractivity contribution >= 4 is 34.8 Å². The summed E-state index contributed by atoms with van der Waals surface area (Å²) < 4.78 is 5.43. The van der Waals surface area contributed by atoms with Gasteiger partial charge in [0, 0.05) is 36.9 Å². The van der Waals surface area contributed by atoms with Crippen LogP contribution in [0.3, 0.4) is 0 Å². The maximum absolute atomic E-state index is 12.8. The molecule has 0 radical (unpaired) electrons. The number of carbonyl (C=O) groups excluding carboxylic acids is 2. The first-order valence-corrected chi connectivity index (χ1v) is 9.30. The molecule has 0 saturated carbocycles. The number of piperazine rings is 1. The zero-order chi connectivity index (χ0) is 18.8. The van der Waals surface area contributed by atoms with Crippen LogP contribution >= 0.6 is 11.6 Å². The predicted octanol–water partition coefficient (Wildman–Crippen LogP) is 2.41. The summed E-state index contributed by atoms with van der Waals surface area (Å²) in [5.41, 5.74) is 1.71. The van der Waals surface area contributed by atoms with Gasteiger partial charge in [-0.15, -0.1) is 0 Å². The van der Waals surface area contributed by atoms with Crippen LogP contribution in [0.1, 0.15) is 0 Å². The Morgan fingerprint density at radius 1 is 1.04 bits per heavy atom. The van der Waals surface area contributed by atoms with Gasteiger partial charge < -0.3 is 14.5 Å². The van der Waals surface area contributed by atoms with Crippen molar-refractivity contribution < 1.29 is 14.3 Å². The number of hydrogen-bond donors (Lipinski definition) is 0. The second-order valence-corrected chi connectivity index (χ2v) is 7.02. The molecule has 0 spiro atoms. The van der Waals surface area contributed by atoms with Gasteiger partial charge in [0.2, 0.25) is 5.91 Å². The van der Waals surface area contributed by atoms with Crippen LogP contribution in [-0.4, -0.2) is 56.0 Å². The van der Waals surface area contributed by atoms with Gasteiger partial charge in [0.05, 0.1) is 5.69 Å². The summed E-state index contributed by atoms with van der Waals surface area (Å²) in [5.74, 6) is 0.390. The molecule has 0 aromatic heterocycles. The van der Waals surface area contributed by atoms with Crippen molar-refractivity contribution in [1.29, 1.82) is 0 Å². The van der Waals surface area contributed by atoms with Gasteiger partial charge in [-0.05, 0) is 30.3 Å². The minimum absolute atomic E-state index is 0.0349. The number of para-hydroxylation sites is 2. The van der Waals surface area contributed by atoms with Crippen LogP contribution in [-0.2, 0) is 9.59 Å². The number of carbonyl (C=O) groups is 2. The van der Waals surface area contributed by atoms with E-state index < -0.39 is 0 Å².